The monoisotopic (exact) mass is 364 g/mol. The molecule has 0 atom stereocenters. The predicted molar refractivity (Wildman–Crippen MR) is 83.9 cm³/mol. The molecular formula is C12H30O8P2. The fourth-order valence-electron chi connectivity index (χ4n) is 2.12. The van der Waals surface area contributed by atoms with Gasteiger partial charge in [0, 0.05) is 0 Å². The molecule has 0 aromatic heterocycles. The lowest BCUT2D eigenvalue weighted by atomic mass is 10.0. The lowest BCUT2D eigenvalue weighted by molar-refractivity contribution is 0.272. The van der Waals surface area contributed by atoms with Gasteiger partial charge in [-0.2, -0.15) is 0 Å². The molecule has 0 bridgehead atoms. The molecule has 8 nitrogen and oxygen atoms in total. The molecule has 2 fully saturated rings. The summed E-state index contributed by atoms with van der Waals surface area (Å²) in [6.07, 6.45) is 18.0. The van der Waals surface area contributed by atoms with Crippen molar-refractivity contribution in [1.29, 1.82) is 0 Å². The fourth-order valence-corrected chi connectivity index (χ4v) is 2.12. The Morgan fingerprint density at radius 2 is 0.409 bits per heavy atom. The van der Waals surface area contributed by atoms with Gasteiger partial charge in [0.2, 0.25) is 0 Å². The largest absolute Gasteiger partial charge is 0.466 e. The Bertz CT molecular complexity index is 246. The van der Waals surface area contributed by atoms with Crippen LogP contribution in [0.5, 0.6) is 0 Å². The molecule has 2 saturated carbocycles. The normalized spacial score (nSPS) is 18.5. The first-order chi connectivity index (χ1) is 10.0. The third-order valence-electron chi connectivity index (χ3n) is 3.00. The van der Waals surface area contributed by atoms with Crippen molar-refractivity contribution < 1.29 is 38.5 Å². The number of phosphoric acid groups is 2. The molecular weight excluding hydrogens is 334 g/mol. The Hall–Kier alpha value is 0.220. The van der Waals surface area contributed by atoms with E-state index >= 15 is 0 Å². The van der Waals surface area contributed by atoms with Crippen molar-refractivity contribution in [2.24, 2.45) is 0 Å². The summed E-state index contributed by atoms with van der Waals surface area (Å²) in [6.45, 7) is 0. The van der Waals surface area contributed by atoms with Crippen LogP contribution in [-0.2, 0) is 9.13 Å². The molecule has 0 aromatic carbocycles. The van der Waals surface area contributed by atoms with Crippen LogP contribution in [0, 0.1) is 0 Å². The molecule has 0 saturated heterocycles. The first-order valence-electron chi connectivity index (χ1n) is 7.57. The lowest BCUT2D eigenvalue weighted by Gasteiger charge is -2.05. The van der Waals surface area contributed by atoms with Gasteiger partial charge in [-0.15, -0.1) is 0 Å². The van der Waals surface area contributed by atoms with Crippen molar-refractivity contribution in [3.05, 3.63) is 0 Å². The molecule has 0 radical (unpaired) electrons. The summed E-state index contributed by atoms with van der Waals surface area (Å²) >= 11 is 0. The van der Waals surface area contributed by atoms with Crippen molar-refractivity contribution in [2.75, 3.05) is 0 Å². The molecule has 0 spiro atoms. The maximum absolute atomic E-state index is 8.88. The Labute approximate surface area is 132 Å². The highest BCUT2D eigenvalue weighted by atomic mass is 31.2. The summed E-state index contributed by atoms with van der Waals surface area (Å²) in [5.41, 5.74) is 0. The van der Waals surface area contributed by atoms with Gasteiger partial charge in [-0.1, -0.05) is 77.0 Å². The van der Waals surface area contributed by atoms with Crippen molar-refractivity contribution in [1.82, 2.24) is 0 Å². The molecule has 0 unspecified atom stereocenters. The third-order valence-corrected chi connectivity index (χ3v) is 3.00. The van der Waals surface area contributed by atoms with E-state index in [2.05, 4.69) is 0 Å². The van der Waals surface area contributed by atoms with Crippen LogP contribution in [0.4, 0.5) is 0 Å². The second kappa shape index (κ2) is 14.8. The minimum Gasteiger partial charge on any atom is -0.303 e. The van der Waals surface area contributed by atoms with Crippen LogP contribution in [0.15, 0.2) is 0 Å². The molecule has 2 aliphatic carbocycles. The average molecular weight is 364 g/mol. The van der Waals surface area contributed by atoms with Gasteiger partial charge in [-0.3, -0.25) is 0 Å². The van der Waals surface area contributed by atoms with E-state index in [0.29, 0.717) is 0 Å². The predicted octanol–water partition coefficient (Wildman–Crippen LogP) is 2.82. The van der Waals surface area contributed by atoms with Gasteiger partial charge in [0.05, 0.1) is 0 Å². The van der Waals surface area contributed by atoms with Crippen LogP contribution in [0.2, 0.25) is 0 Å². The van der Waals surface area contributed by atoms with Gasteiger partial charge in [-0.25, -0.2) is 9.13 Å². The summed E-state index contributed by atoms with van der Waals surface area (Å²) in [6, 6.07) is 0. The molecule has 136 valence electrons. The fraction of sp³-hybridized carbons (Fsp3) is 1.00. The Balaban J connectivity index is 0. The third kappa shape index (κ3) is 50.0. The number of rotatable bonds is 0. The second-order valence-electron chi connectivity index (χ2n) is 5.27. The molecule has 0 aliphatic heterocycles. The van der Waals surface area contributed by atoms with E-state index in [1.165, 1.54) is 77.0 Å². The minimum absolute atomic E-state index is 1.50. The van der Waals surface area contributed by atoms with Crippen molar-refractivity contribution in [2.45, 2.75) is 77.0 Å². The van der Waals surface area contributed by atoms with Gasteiger partial charge in [0.25, 0.3) is 0 Å². The Kier molecular flexibility index (Phi) is 16.5. The quantitative estimate of drug-likeness (QED) is 0.358. The van der Waals surface area contributed by atoms with Gasteiger partial charge in [0.1, 0.15) is 0 Å². The smallest absolute Gasteiger partial charge is 0.303 e. The van der Waals surface area contributed by atoms with Gasteiger partial charge < -0.3 is 29.4 Å². The minimum atomic E-state index is -4.64. The van der Waals surface area contributed by atoms with E-state index < -0.39 is 15.6 Å². The molecule has 0 aromatic rings. The molecule has 6 N–H and O–H groups in total. The van der Waals surface area contributed by atoms with E-state index in [-0.39, 0.29) is 0 Å². The van der Waals surface area contributed by atoms with E-state index in [0.717, 1.165) is 0 Å². The highest BCUT2D eigenvalue weighted by molar-refractivity contribution is 7.45. The first-order valence-corrected chi connectivity index (χ1v) is 10.7. The van der Waals surface area contributed by atoms with Gasteiger partial charge in [0.15, 0.2) is 0 Å². The maximum Gasteiger partial charge on any atom is 0.466 e. The molecule has 22 heavy (non-hydrogen) atoms. The zero-order valence-corrected chi connectivity index (χ0v) is 14.7. The summed E-state index contributed by atoms with van der Waals surface area (Å²) in [5.74, 6) is 0. The van der Waals surface area contributed by atoms with Gasteiger partial charge in [-0.05, 0) is 0 Å². The topological polar surface area (TPSA) is 156 Å². The average Bonchev–Trinajstić information content (AvgIpc) is 2.40. The van der Waals surface area contributed by atoms with Crippen LogP contribution < -0.4 is 0 Å². The van der Waals surface area contributed by atoms with Crippen molar-refractivity contribution >= 4 is 15.6 Å². The zero-order valence-electron chi connectivity index (χ0n) is 12.9. The summed E-state index contributed by atoms with van der Waals surface area (Å²) in [4.78, 5) is 43.1. The van der Waals surface area contributed by atoms with E-state index in [4.69, 9.17) is 38.5 Å². The highest BCUT2D eigenvalue weighted by Crippen LogP contribution is 2.26. The molecule has 0 amide bonds. The molecule has 10 heteroatoms. The second-order valence-corrected chi connectivity index (χ2v) is 7.32. The van der Waals surface area contributed by atoms with E-state index in [9.17, 15) is 0 Å². The van der Waals surface area contributed by atoms with Crippen molar-refractivity contribution in [3.63, 3.8) is 0 Å². The standard InChI is InChI=1S/2C6H12.2H3O4P/c2*1-2-4-6-5-3-1;2*1-5(2,3)4/h2*1-6H2;2*(H3,1,2,3,4). The summed E-state index contributed by atoms with van der Waals surface area (Å²) < 4.78 is 17.8. The van der Waals surface area contributed by atoms with Crippen molar-refractivity contribution in [3.8, 4) is 0 Å². The lowest BCUT2D eigenvalue weighted by Crippen LogP contribution is -1.85. The van der Waals surface area contributed by atoms with Crippen LogP contribution in [0.1, 0.15) is 77.0 Å². The Morgan fingerprint density at radius 1 is 0.364 bits per heavy atom. The van der Waals surface area contributed by atoms with E-state index in [1.54, 1.807) is 0 Å². The van der Waals surface area contributed by atoms with Crippen LogP contribution in [-0.4, -0.2) is 29.4 Å². The molecule has 0 heterocycles. The molecule has 2 rings (SSSR count). The molecule has 2 aliphatic rings. The van der Waals surface area contributed by atoms with Crippen LogP contribution >= 0.6 is 15.6 Å². The zero-order chi connectivity index (χ0) is 17.5. The summed E-state index contributed by atoms with van der Waals surface area (Å²) in [7, 11) is -9.28. The Morgan fingerprint density at radius 3 is 0.455 bits per heavy atom. The van der Waals surface area contributed by atoms with Gasteiger partial charge >= 0.3 is 15.6 Å². The number of hydrogen-bond donors (Lipinski definition) is 6. The maximum atomic E-state index is 8.88. The highest BCUT2D eigenvalue weighted by Gasteiger charge is 2.00. The number of hydrogen-bond acceptors (Lipinski definition) is 2. The van der Waals surface area contributed by atoms with Crippen LogP contribution in [0.25, 0.3) is 0 Å². The van der Waals surface area contributed by atoms with E-state index in [1.807, 2.05) is 0 Å². The van der Waals surface area contributed by atoms with Crippen LogP contribution in [0.3, 0.4) is 0 Å². The summed E-state index contributed by atoms with van der Waals surface area (Å²) in [5, 5.41) is 0. The SMILES string of the molecule is C1CCCCC1.C1CCCCC1.O=P(O)(O)O.O=P(O)(O)O. The first kappa shape index (κ1) is 24.5.